The van der Waals surface area contributed by atoms with E-state index >= 15 is 0 Å². The van der Waals surface area contributed by atoms with E-state index in [1.54, 1.807) is 0 Å². The van der Waals surface area contributed by atoms with Crippen LogP contribution in [0.2, 0.25) is 0 Å². The molecule has 102 valence electrons. The average molecular weight is 244 g/mol. The van der Waals surface area contributed by atoms with Crippen molar-refractivity contribution < 1.29 is 14.3 Å². The highest BCUT2D eigenvalue weighted by atomic mass is 16.6. The van der Waals surface area contributed by atoms with Crippen LogP contribution in [0, 0.1) is 0 Å². The van der Waals surface area contributed by atoms with Gasteiger partial charge in [0.05, 0.1) is 6.10 Å². The van der Waals surface area contributed by atoms with Gasteiger partial charge in [0.1, 0.15) is 5.60 Å². The van der Waals surface area contributed by atoms with E-state index in [4.69, 9.17) is 9.47 Å². The Bertz CT molecular complexity index is 212. The quantitative estimate of drug-likeness (QED) is 0.458. The van der Waals surface area contributed by atoms with Crippen LogP contribution in [0.1, 0.15) is 66.7 Å². The van der Waals surface area contributed by atoms with E-state index in [0.717, 1.165) is 38.7 Å². The third kappa shape index (κ3) is 7.37. The van der Waals surface area contributed by atoms with E-state index in [2.05, 4.69) is 13.8 Å². The molecule has 1 unspecified atom stereocenters. The lowest BCUT2D eigenvalue weighted by atomic mass is 9.97. The van der Waals surface area contributed by atoms with Gasteiger partial charge in [0.15, 0.2) is 0 Å². The zero-order chi connectivity index (χ0) is 13.3. The van der Waals surface area contributed by atoms with Crippen LogP contribution >= 0.6 is 0 Å². The Kier molecular flexibility index (Phi) is 8.23. The SMILES string of the molecule is CCC(CC)OCCCC(C)(CC)OC(C)=O. The van der Waals surface area contributed by atoms with Crippen LogP contribution in [0.4, 0.5) is 0 Å². The van der Waals surface area contributed by atoms with Gasteiger partial charge in [-0.15, -0.1) is 0 Å². The predicted molar refractivity (Wildman–Crippen MR) is 70.0 cm³/mol. The topological polar surface area (TPSA) is 35.5 Å². The minimum atomic E-state index is -0.330. The van der Waals surface area contributed by atoms with Crippen LogP contribution in [0.15, 0.2) is 0 Å². The highest BCUT2D eigenvalue weighted by Gasteiger charge is 2.24. The second kappa shape index (κ2) is 8.51. The molecular weight excluding hydrogens is 216 g/mol. The molecule has 0 saturated carbocycles. The standard InChI is InChI=1S/C14H28O3/c1-6-13(7-2)16-11-9-10-14(5,8-3)17-12(4)15/h13H,6-11H2,1-5H3. The van der Waals surface area contributed by atoms with Crippen LogP contribution < -0.4 is 0 Å². The van der Waals surface area contributed by atoms with Crippen molar-refractivity contribution in [3.05, 3.63) is 0 Å². The van der Waals surface area contributed by atoms with Gasteiger partial charge in [-0.05, 0) is 39.0 Å². The summed E-state index contributed by atoms with van der Waals surface area (Å²) in [4.78, 5) is 11.0. The van der Waals surface area contributed by atoms with Crippen molar-refractivity contribution in [1.82, 2.24) is 0 Å². The first-order valence-corrected chi connectivity index (χ1v) is 6.78. The molecule has 1 atom stereocenters. The van der Waals surface area contributed by atoms with Crippen molar-refractivity contribution in [2.75, 3.05) is 6.61 Å². The van der Waals surface area contributed by atoms with Crippen molar-refractivity contribution >= 4 is 5.97 Å². The minimum Gasteiger partial charge on any atom is -0.460 e. The molecule has 3 nitrogen and oxygen atoms in total. The van der Waals surface area contributed by atoms with E-state index in [0.29, 0.717) is 6.10 Å². The fourth-order valence-electron chi connectivity index (χ4n) is 1.87. The highest BCUT2D eigenvalue weighted by Crippen LogP contribution is 2.22. The molecule has 0 saturated heterocycles. The van der Waals surface area contributed by atoms with Crippen molar-refractivity contribution in [2.45, 2.75) is 78.4 Å². The van der Waals surface area contributed by atoms with Gasteiger partial charge in [0, 0.05) is 13.5 Å². The lowest BCUT2D eigenvalue weighted by molar-refractivity contribution is -0.156. The van der Waals surface area contributed by atoms with Gasteiger partial charge >= 0.3 is 5.97 Å². The Morgan fingerprint density at radius 1 is 1.24 bits per heavy atom. The summed E-state index contributed by atoms with van der Waals surface area (Å²) in [6.07, 6.45) is 5.14. The van der Waals surface area contributed by atoms with Gasteiger partial charge in [-0.3, -0.25) is 4.79 Å². The molecule has 0 bridgehead atoms. The number of hydrogen-bond donors (Lipinski definition) is 0. The third-order valence-corrected chi connectivity index (χ3v) is 3.25. The van der Waals surface area contributed by atoms with Gasteiger partial charge in [-0.1, -0.05) is 20.8 Å². The summed E-state index contributed by atoms with van der Waals surface area (Å²) in [5.74, 6) is -0.199. The number of esters is 1. The zero-order valence-electron chi connectivity index (χ0n) is 12.0. The molecule has 3 heteroatoms. The van der Waals surface area contributed by atoms with Crippen LogP contribution in [0.3, 0.4) is 0 Å². The number of ether oxygens (including phenoxy) is 2. The molecule has 0 fully saturated rings. The highest BCUT2D eigenvalue weighted by molar-refractivity contribution is 5.66. The summed E-state index contributed by atoms with van der Waals surface area (Å²) >= 11 is 0. The largest absolute Gasteiger partial charge is 0.460 e. The van der Waals surface area contributed by atoms with Gasteiger partial charge in [-0.2, -0.15) is 0 Å². The number of carbonyl (C=O) groups is 1. The molecule has 0 aromatic rings. The molecule has 0 aromatic carbocycles. The summed E-state index contributed by atoms with van der Waals surface area (Å²) in [7, 11) is 0. The zero-order valence-corrected chi connectivity index (χ0v) is 12.0. The number of carbonyl (C=O) groups excluding carboxylic acids is 1. The van der Waals surface area contributed by atoms with Gasteiger partial charge in [0.2, 0.25) is 0 Å². The van der Waals surface area contributed by atoms with Crippen LogP contribution in [-0.4, -0.2) is 24.3 Å². The molecule has 0 rings (SSSR count). The molecule has 0 heterocycles. The predicted octanol–water partition coefficient (Wildman–Crippen LogP) is 3.70. The van der Waals surface area contributed by atoms with E-state index in [1.165, 1.54) is 6.92 Å². The minimum absolute atomic E-state index is 0.199. The van der Waals surface area contributed by atoms with E-state index in [9.17, 15) is 4.79 Å². The second-order valence-corrected chi connectivity index (χ2v) is 4.81. The number of rotatable bonds is 9. The molecule has 17 heavy (non-hydrogen) atoms. The first-order valence-electron chi connectivity index (χ1n) is 6.78. The monoisotopic (exact) mass is 244 g/mol. The maximum absolute atomic E-state index is 11.0. The Balaban J connectivity index is 3.87. The summed E-state index contributed by atoms with van der Waals surface area (Å²) in [5, 5.41) is 0. The summed E-state index contributed by atoms with van der Waals surface area (Å²) in [6.45, 7) is 10.5. The van der Waals surface area contributed by atoms with Gasteiger partial charge in [-0.25, -0.2) is 0 Å². The smallest absolute Gasteiger partial charge is 0.303 e. The first-order chi connectivity index (χ1) is 7.97. The molecule has 0 aromatic heterocycles. The maximum Gasteiger partial charge on any atom is 0.303 e. The van der Waals surface area contributed by atoms with Crippen LogP contribution in [-0.2, 0) is 14.3 Å². The summed E-state index contributed by atoms with van der Waals surface area (Å²) in [6, 6.07) is 0. The fraction of sp³-hybridized carbons (Fsp3) is 0.929. The Morgan fingerprint density at radius 3 is 2.24 bits per heavy atom. The molecule has 0 N–H and O–H groups in total. The van der Waals surface area contributed by atoms with Crippen molar-refractivity contribution in [3.8, 4) is 0 Å². The molecule has 0 radical (unpaired) electrons. The normalized spacial score (nSPS) is 14.7. The second-order valence-electron chi connectivity index (χ2n) is 4.81. The maximum atomic E-state index is 11.0. The molecule has 0 aliphatic heterocycles. The molecule has 0 amide bonds. The molecule has 0 aliphatic rings. The van der Waals surface area contributed by atoms with Gasteiger partial charge < -0.3 is 9.47 Å². The van der Waals surface area contributed by atoms with Crippen molar-refractivity contribution in [3.63, 3.8) is 0 Å². The summed E-state index contributed by atoms with van der Waals surface area (Å²) < 4.78 is 11.1. The Morgan fingerprint density at radius 2 is 1.82 bits per heavy atom. The lowest BCUT2D eigenvalue weighted by Crippen LogP contribution is -2.30. The average Bonchev–Trinajstić information content (AvgIpc) is 2.28. The first kappa shape index (κ1) is 16.4. The molecule has 0 spiro atoms. The lowest BCUT2D eigenvalue weighted by Gasteiger charge is -2.28. The Labute approximate surface area is 106 Å². The van der Waals surface area contributed by atoms with E-state index in [1.807, 2.05) is 13.8 Å². The van der Waals surface area contributed by atoms with Crippen molar-refractivity contribution in [2.24, 2.45) is 0 Å². The van der Waals surface area contributed by atoms with Crippen LogP contribution in [0.5, 0.6) is 0 Å². The van der Waals surface area contributed by atoms with Crippen molar-refractivity contribution in [1.29, 1.82) is 0 Å². The molecule has 0 aliphatic carbocycles. The van der Waals surface area contributed by atoms with Crippen LogP contribution in [0.25, 0.3) is 0 Å². The van der Waals surface area contributed by atoms with Gasteiger partial charge in [0.25, 0.3) is 0 Å². The van der Waals surface area contributed by atoms with E-state index in [-0.39, 0.29) is 11.6 Å². The third-order valence-electron chi connectivity index (χ3n) is 3.25. The Hall–Kier alpha value is -0.570. The van der Waals surface area contributed by atoms with E-state index < -0.39 is 0 Å². The summed E-state index contributed by atoms with van der Waals surface area (Å²) in [5.41, 5.74) is -0.330. The fourth-order valence-corrected chi connectivity index (χ4v) is 1.87. The molecular formula is C14H28O3. The number of hydrogen-bond acceptors (Lipinski definition) is 3.